The molecular formula is C10H10F3NOS. The van der Waals surface area contributed by atoms with Crippen LogP contribution in [0.1, 0.15) is 13.8 Å². The van der Waals surface area contributed by atoms with E-state index in [0.717, 1.165) is 24.1 Å². The van der Waals surface area contributed by atoms with Crippen molar-refractivity contribution < 1.29 is 18.0 Å². The summed E-state index contributed by atoms with van der Waals surface area (Å²) in [7, 11) is 0. The summed E-state index contributed by atoms with van der Waals surface area (Å²) >= 11 is 0.739. The molecule has 16 heavy (non-hydrogen) atoms. The van der Waals surface area contributed by atoms with E-state index in [1.54, 1.807) is 13.8 Å². The molecule has 0 amide bonds. The summed E-state index contributed by atoms with van der Waals surface area (Å²) in [5.41, 5.74) is -0.873. The predicted molar refractivity (Wildman–Crippen MR) is 55.5 cm³/mol. The minimum Gasteiger partial charge on any atom is -0.301 e. The number of carbonyl (C=O) groups excluding carboxylic acids is 1. The van der Waals surface area contributed by atoms with Crippen molar-refractivity contribution in [3.63, 3.8) is 0 Å². The minimum absolute atomic E-state index is 0.103. The Labute approximate surface area is 95.4 Å². The monoisotopic (exact) mass is 249 g/mol. The van der Waals surface area contributed by atoms with Crippen LogP contribution in [0.2, 0.25) is 0 Å². The second-order valence-corrected chi connectivity index (χ2v) is 4.57. The average Bonchev–Trinajstić information content (AvgIpc) is 2.25. The highest BCUT2D eigenvalue weighted by Gasteiger charge is 2.19. The Morgan fingerprint density at radius 3 is 2.44 bits per heavy atom. The van der Waals surface area contributed by atoms with Crippen LogP contribution in [0.25, 0.3) is 0 Å². The van der Waals surface area contributed by atoms with Gasteiger partial charge in [0, 0.05) is 0 Å². The maximum absolute atomic E-state index is 13.2. The lowest BCUT2D eigenvalue weighted by Gasteiger charge is -2.18. The zero-order valence-electron chi connectivity index (χ0n) is 8.68. The first-order valence-electron chi connectivity index (χ1n) is 4.41. The Hall–Kier alpha value is -1.01. The maximum Gasteiger partial charge on any atom is 0.195 e. The summed E-state index contributed by atoms with van der Waals surface area (Å²) in [5, 5.41) is 0. The highest BCUT2D eigenvalue weighted by Crippen LogP contribution is 2.24. The van der Waals surface area contributed by atoms with Gasteiger partial charge in [-0.05, 0) is 37.9 Å². The van der Waals surface area contributed by atoms with Crippen LogP contribution in [-0.4, -0.2) is 11.8 Å². The lowest BCUT2D eigenvalue weighted by atomic mass is 10.1. The van der Waals surface area contributed by atoms with E-state index in [0.29, 0.717) is 6.29 Å². The number of nitrogens with one attached hydrogen (secondary N) is 1. The van der Waals surface area contributed by atoms with Gasteiger partial charge in [0.1, 0.15) is 6.29 Å². The van der Waals surface area contributed by atoms with Gasteiger partial charge in [-0.3, -0.25) is 0 Å². The zero-order chi connectivity index (χ0) is 12.3. The van der Waals surface area contributed by atoms with Crippen LogP contribution in [-0.2, 0) is 4.79 Å². The van der Waals surface area contributed by atoms with Gasteiger partial charge in [-0.15, -0.1) is 0 Å². The Morgan fingerprint density at radius 2 is 1.88 bits per heavy atom. The van der Waals surface area contributed by atoms with E-state index >= 15 is 0 Å². The quantitative estimate of drug-likeness (QED) is 0.505. The first-order chi connectivity index (χ1) is 7.37. The van der Waals surface area contributed by atoms with E-state index in [9.17, 15) is 18.0 Å². The molecule has 88 valence electrons. The van der Waals surface area contributed by atoms with E-state index in [2.05, 4.69) is 4.72 Å². The van der Waals surface area contributed by atoms with Gasteiger partial charge in [0.15, 0.2) is 17.5 Å². The molecule has 1 aromatic carbocycles. The van der Waals surface area contributed by atoms with Gasteiger partial charge >= 0.3 is 0 Å². The summed E-state index contributed by atoms with van der Waals surface area (Å²) in [6, 6.07) is 1.93. The van der Waals surface area contributed by atoms with Gasteiger partial charge < -0.3 is 4.79 Å². The fourth-order valence-electron chi connectivity index (χ4n) is 0.798. The molecule has 0 aliphatic heterocycles. The molecule has 0 fully saturated rings. The molecule has 2 nitrogen and oxygen atoms in total. The highest BCUT2D eigenvalue weighted by atomic mass is 32.2. The molecule has 0 bridgehead atoms. The minimum atomic E-state index is -1.52. The topological polar surface area (TPSA) is 29.1 Å². The fraction of sp³-hybridized carbons (Fsp3) is 0.300. The third-order valence-electron chi connectivity index (χ3n) is 1.72. The molecule has 0 atom stereocenters. The Kier molecular flexibility index (Phi) is 3.98. The molecule has 0 unspecified atom stereocenters. The number of hydrogen-bond acceptors (Lipinski definition) is 3. The SMILES string of the molecule is CC(C)(C=O)NSc1ccc(F)c(F)c1F. The van der Waals surface area contributed by atoms with E-state index in [4.69, 9.17) is 0 Å². The van der Waals surface area contributed by atoms with Gasteiger partial charge in [0.05, 0.1) is 10.4 Å². The van der Waals surface area contributed by atoms with Crippen molar-refractivity contribution in [3.05, 3.63) is 29.6 Å². The fourth-order valence-corrected chi connectivity index (χ4v) is 1.53. The molecule has 0 saturated heterocycles. The van der Waals surface area contributed by atoms with Crippen LogP contribution in [0, 0.1) is 17.5 Å². The molecule has 0 aromatic heterocycles. The second-order valence-electron chi connectivity index (χ2n) is 3.72. The van der Waals surface area contributed by atoms with E-state index in [-0.39, 0.29) is 4.90 Å². The smallest absolute Gasteiger partial charge is 0.195 e. The summed E-state index contributed by atoms with van der Waals surface area (Å²) in [4.78, 5) is 10.4. The standard InChI is InChI=1S/C10H10F3NOS/c1-10(2,5-15)14-16-7-4-3-6(11)8(12)9(7)13/h3-5,14H,1-2H3. The van der Waals surface area contributed by atoms with E-state index in [1.165, 1.54) is 0 Å². The van der Waals surface area contributed by atoms with Gasteiger partial charge in [-0.1, -0.05) is 0 Å². The second kappa shape index (κ2) is 4.88. The average molecular weight is 249 g/mol. The summed E-state index contributed by atoms with van der Waals surface area (Å²) in [6.45, 7) is 3.15. The third-order valence-corrected chi connectivity index (χ3v) is 2.88. The normalized spacial score (nSPS) is 11.6. The van der Waals surface area contributed by atoms with E-state index in [1.807, 2.05) is 0 Å². The Bertz CT molecular complexity index is 409. The molecular weight excluding hydrogens is 239 g/mol. The first-order valence-corrected chi connectivity index (χ1v) is 5.23. The number of carbonyl (C=O) groups is 1. The zero-order valence-corrected chi connectivity index (χ0v) is 9.50. The van der Waals surface area contributed by atoms with Crippen LogP contribution in [0.5, 0.6) is 0 Å². The number of halogens is 3. The molecule has 0 spiro atoms. The van der Waals surface area contributed by atoms with Crippen LogP contribution in [0.4, 0.5) is 13.2 Å². The van der Waals surface area contributed by atoms with Gasteiger partial charge in [0.2, 0.25) is 0 Å². The Morgan fingerprint density at radius 1 is 1.25 bits per heavy atom. The van der Waals surface area contributed by atoms with Crippen molar-refractivity contribution in [2.45, 2.75) is 24.3 Å². The molecule has 1 N–H and O–H groups in total. The lowest BCUT2D eigenvalue weighted by molar-refractivity contribution is -0.111. The van der Waals surface area contributed by atoms with Crippen LogP contribution in [0.15, 0.2) is 17.0 Å². The molecule has 0 radical (unpaired) electrons. The lowest BCUT2D eigenvalue weighted by Crippen LogP contribution is -2.35. The van der Waals surface area contributed by atoms with Crippen molar-refractivity contribution in [3.8, 4) is 0 Å². The number of hydrogen-bond donors (Lipinski definition) is 1. The van der Waals surface area contributed by atoms with Gasteiger partial charge in [0.25, 0.3) is 0 Å². The predicted octanol–water partition coefficient (Wildman–Crippen LogP) is 2.68. The van der Waals surface area contributed by atoms with Crippen molar-refractivity contribution >= 4 is 18.2 Å². The Balaban J connectivity index is 2.83. The van der Waals surface area contributed by atoms with Crippen molar-refractivity contribution in [1.82, 2.24) is 4.72 Å². The number of benzene rings is 1. The van der Waals surface area contributed by atoms with Crippen LogP contribution < -0.4 is 4.72 Å². The molecule has 0 heterocycles. The van der Waals surface area contributed by atoms with Crippen LogP contribution >= 0.6 is 11.9 Å². The van der Waals surface area contributed by atoms with Gasteiger partial charge in [-0.25, -0.2) is 17.9 Å². The third kappa shape index (κ3) is 2.99. The number of aldehydes is 1. The molecule has 0 saturated carbocycles. The van der Waals surface area contributed by atoms with Crippen molar-refractivity contribution in [2.24, 2.45) is 0 Å². The van der Waals surface area contributed by atoms with Crippen molar-refractivity contribution in [1.29, 1.82) is 0 Å². The summed E-state index contributed by atoms with van der Waals surface area (Å²) in [5.74, 6) is -4.02. The highest BCUT2D eigenvalue weighted by molar-refractivity contribution is 7.97. The molecule has 6 heteroatoms. The number of rotatable bonds is 4. The summed E-state index contributed by atoms with van der Waals surface area (Å²) in [6.07, 6.45) is 0.637. The largest absolute Gasteiger partial charge is 0.301 e. The maximum atomic E-state index is 13.2. The van der Waals surface area contributed by atoms with Crippen molar-refractivity contribution in [2.75, 3.05) is 0 Å². The molecule has 0 aliphatic carbocycles. The van der Waals surface area contributed by atoms with Gasteiger partial charge in [-0.2, -0.15) is 0 Å². The van der Waals surface area contributed by atoms with Crippen LogP contribution in [0.3, 0.4) is 0 Å². The first kappa shape index (κ1) is 13.1. The molecule has 1 rings (SSSR count). The van der Waals surface area contributed by atoms with E-state index < -0.39 is 23.0 Å². The summed E-state index contributed by atoms with van der Waals surface area (Å²) < 4.78 is 41.2. The molecule has 0 aliphatic rings. The molecule has 1 aromatic rings.